The van der Waals surface area contributed by atoms with Crippen molar-refractivity contribution >= 4 is 11.9 Å². The van der Waals surface area contributed by atoms with Gasteiger partial charge in [-0.3, -0.25) is 9.59 Å². The average Bonchev–Trinajstić information content (AvgIpc) is 2.93. The molecule has 7 nitrogen and oxygen atoms in total. The number of nitrogens with one attached hydrogen (secondary N) is 1. The van der Waals surface area contributed by atoms with Gasteiger partial charge in [-0.15, -0.1) is 0 Å². The Morgan fingerprint density at radius 2 is 1.93 bits per heavy atom. The van der Waals surface area contributed by atoms with Gasteiger partial charge in [0, 0.05) is 24.2 Å². The maximum absolute atomic E-state index is 12.2. The van der Waals surface area contributed by atoms with E-state index in [9.17, 15) is 9.59 Å². The highest BCUT2D eigenvalue weighted by molar-refractivity contribution is 5.94. The lowest BCUT2D eigenvalue weighted by Gasteiger charge is -2.08. The summed E-state index contributed by atoms with van der Waals surface area (Å²) in [5, 5.41) is 16.2. The van der Waals surface area contributed by atoms with Gasteiger partial charge in [0.1, 0.15) is 0 Å². The van der Waals surface area contributed by atoms with Crippen LogP contribution in [0.15, 0.2) is 36.4 Å². The third-order valence-electron chi connectivity index (χ3n) is 4.28. The summed E-state index contributed by atoms with van der Waals surface area (Å²) in [6.07, 6.45) is 0.517. The highest BCUT2D eigenvalue weighted by Crippen LogP contribution is 2.19. The number of carbonyl (C=O) groups excluding carboxylic acids is 1. The third kappa shape index (κ3) is 5.79. The SMILES string of the molecule is C=C(C)COCCNC(=O)c1ccc(-n2nc(C)c(CCC(=O)O)c2C)cc1. The third-order valence-corrected chi connectivity index (χ3v) is 4.28. The topological polar surface area (TPSA) is 93.5 Å². The van der Waals surface area contributed by atoms with Gasteiger partial charge in [0.15, 0.2) is 0 Å². The highest BCUT2D eigenvalue weighted by atomic mass is 16.5. The summed E-state index contributed by atoms with van der Waals surface area (Å²) >= 11 is 0. The van der Waals surface area contributed by atoms with Crippen LogP contribution in [0.4, 0.5) is 0 Å². The van der Waals surface area contributed by atoms with Gasteiger partial charge in [0.05, 0.1) is 24.6 Å². The van der Waals surface area contributed by atoms with Gasteiger partial charge in [-0.25, -0.2) is 4.68 Å². The molecule has 0 spiro atoms. The second kappa shape index (κ2) is 9.85. The fraction of sp³-hybridized carbons (Fsp3) is 0.381. The predicted octanol–water partition coefficient (Wildman–Crippen LogP) is 2.83. The molecular formula is C21H27N3O4. The van der Waals surface area contributed by atoms with E-state index in [1.165, 1.54) is 0 Å². The summed E-state index contributed by atoms with van der Waals surface area (Å²) in [5.74, 6) is -0.993. The minimum absolute atomic E-state index is 0.0720. The monoisotopic (exact) mass is 385 g/mol. The zero-order valence-corrected chi connectivity index (χ0v) is 16.6. The molecule has 1 heterocycles. The van der Waals surface area contributed by atoms with Crippen LogP contribution >= 0.6 is 0 Å². The zero-order valence-electron chi connectivity index (χ0n) is 16.6. The molecule has 0 fully saturated rings. The van der Waals surface area contributed by atoms with Crippen LogP contribution in [0.25, 0.3) is 5.69 Å². The lowest BCUT2D eigenvalue weighted by Crippen LogP contribution is -2.27. The number of ether oxygens (including phenoxy) is 1. The first-order valence-corrected chi connectivity index (χ1v) is 9.17. The van der Waals surface area contributed by atoms with Crippen molar-refractivity contribution in [1.82, 2.24) is 15.1 Å². The lowest BCUT2D eigenvalue weighted by molar-refractivity contribution is -0.136. The molecule has 28 heavy (non-hydrogen) atoms. The van der Waals surface area contributed by atoms with Crippen LogP contribution in [0.5, 0.6) is 0 Å². The van der Waals surface area contributed by atoms with Crippen molar-refractivity contribution in [2.75, 3.05) is 19.8 Å². The van der Waals surface area contributed by atoms with Crippen LogP contribution in [0.1, 0.15) is 40.7 Å². The predicted molar refractivity (Wildman–Crippen MR) is 107 cm³/mol. The molecule has 0 atom stereocenters. The van der Waals surface area contributed by atoms with Crippen LogP contribution in [-0.2, 0) is 16.0 Å². The van der Waals surface area contributed by atoms with Crippen molar-refractivity contribution in [3.8, 4) is 5.69 Å². The number of rotatable bonds is 10. The molecule has 0 saturated carbocycles. The van der Waals surface area contributed by atoms with E-state index in [4.69, 9.17) is 9.84 Å². The molecule has 0 unspecified atom stereocenters. The maximum Gasteiger partial charge on any atom is 0.303 e. The van der Waals surface area contributed by atoms with E-state index in [1.807, 2.05) is 32.9 Å². The Hall–Kier alpha value is -2.93. The van der Waals surface area contributed by atoms with Gasteiger partial charge < -0.3 is 15.2 Å². The van der Waals surface area contributed by atoms with E-state index in [0.717, 1.165) is 28.2 Å². The van der Waals surface area contributed by atoms with Gasteiger partial charge in [-0.2, -0.15) is 5.10 Å². The van der Waals surface area contributed by atoms with Crippen molar-refractivity contribution in [3.63, 3.8) is 0 Å². The number of carbonyl (C=O) groups is 2. The average molecular weight is 385 g/mol. The molecule has 2 rings (SSSR count). The Balaban J connectivity index is 2.00. The quantitative estimate of drug-likeness (QED) is 0.485. The number of amides is 1. The van der Waals surface area contributed by atoms with Crippen molar-refractivity contribution in [1.29, 1.82) is 0 Å². The van der Waals surface area contributed by atoms with Crippen LogP contribution in [-0.4, -0.2) is 46.5 Å². The number of hydrogen-bond donors (Lipinski definition) is 2. The first-order chi connectivity index (χ1) is 13.3. The molecule has 0 saturated heterocycles. The van der Waals surface area contributed by atoms with Crippen molar-refractivity contribution in [2.24, 2.45) is 0 Å². The molecule has 2 N–H and O–H groups in total. The van der Waals surface area contributed by atoms with Crippen LogP contribution in [0, 0.1) is 13.8 Å². The molecule has 0 aliphatic rings. The molecule has 7 heteroatoms. The molecule has 0 aliphatic heterocycles. The van der Waals surface area contributed by atoms with Crippen molar-refractivity contribution in [2.45, 2.75) is 33.6 Å². The number of carboxylic acids is 1. The van der Waals surface area contributed by atoms with Crippen molar-refractivity contribution < 1.29 is 19.4 Å². The number of hydrogen-bond acceptors (Lipinski definition) is 4. The highest BCUT2D eigenvalue weighted by Gasteiger charge is 2.14. The number of carboxylic acid groups (broad SMARTS) is 1. The summed E-state index contributed by atoms with van der Waals surface area (Å²) in [4.78, 5) is 23.0. The van der Waals surface area contributed by atoms with E-state index >= 15 is 0 Å². The van der Waals surface area contributed by atoms with Gasteiger partial charge in [-0.1, -0.05) is 12.2 Å². The Bertz CT molecular complexity index is 853. The van der Waals surface area contributed by atoms with Gasteiger partial charge >= 0.3 is 5.97 Å². The Labute approximate surface area is 165 Å². The lowest BCUT2D eigenvalue weighted by atomic mass is 10.1. The van der Waals surface area contributed by atoms with E-state index in [1.54, 1.807) is 16.8 Å². The second-order valence-corrected chi connectivity index (χ2v) is 6.77. The Morgan fingerprint density at radius 1 is 1.25 bits per heavy atom. The molecule has 0 bridgehead atoms. The van der Waals surface area contributed by atoms with Gasteiger partial charge in [0.2, 0.25) is 0 Å². The summed E-state index contributed by atoms with van der Waals surface area (Å²) in [7, 11) is 0. The van der Waals surface area contributed by atoms with Crippen LogP contribution in [0.2, 0.25) is 0 Å². The molecule has 2 aromatic rings. The molecular weight excluding hydrogens is 358 g/mol. The standard InChI is InChI=1S/C21H27N3O4/c1-14(2)13-28-12-11-22-21(27)17-5-7-18(8-6-17)24-16(4)19(15(3)23-24)9-10-20(25)26/h5-8H,1,9-13H2,2-4H3,(H,22,27)(H,25,26). The Morgan fingerprint density at radius 3 is 2.54 bits per heavy atom. The van der Waals surface area contributed by atoms with E-state index in [2.05, 4.69) is 17.0 Å². The van der Waals surface area contributed by atoms with E-state index in [-0.39, 0.29) is 12.3 Å². The molecule has 0 aliphatic carbocycles. The summed E-state index contributed by atoms with van der Waals surface area (Å²) < 4.78 is 7.13. The number of nitrogens with zero attached hydrogens (tertiary/aromatic N) is 2. The summed E-state index contributed by atoms with van der Waals surface area (Å²) in [6, 6.07) is 7.14. The van der Waals surface area contributed by atoms with Crippen molar-refractivity contribution in [3.05, 3.63) is 58.9 Å². The fourth-order valence-corrected chi connectivity index (χ4v) is 2.86. The fourth-order valence-electron chi connectivity index (χ4n) is 2.86. The smallest absolute Gasteiger partial charge is 0.303 e. The summed E-state index contributed by atoms with van der Waals surface area (Å²) in [5.41, 5.74) is 4.98. The van der Waals surface area contributed by atoms with Gasteiger partial charge in [0.25, 0.3) is 5.91 Å². The first-order valence-electron chi connectivity index (χ1n) is 9.17. The van der Waals surface area contributed by atoms with Gasteiger partial charge in [-0.05, 0) is 57.0 Å². The minimum atomic E-state index is -0.827. The maximum atomic E-state index is 12.2. The normalized spacial score (nSPS) is 10.7. The molecule has 1 aromatic heterocycles. The van der Waals surface area contributed by atoms with E-state index < -0.39 is 5.97 Å². The van der Waals surface area contributed by atoms with Crippen LogP contribution < -0.4 is 5.32 Å². The minimum Gasteiger partial charge on any atom is -0.481 e. The number of aliphatic carboxylic acids is 1. The number of benzene rings is 1. The second-order valence-electron chi connectivity index (χ2n) is 6.77. The molecule has 1 aromatic carbocycles. The number of aryl methyl sites for hydroxylation is 1. The van der Waals surface area contributed by atoms with Crippen LogP contribution in [0.3, 0.4) is 0 Å². The molecule has 150 valence electrons. The largest absolute Gasteiger partial charge is 0.481 e. The first kappa shape index (κ1) is 21.4. The van der Waals surface area contributed by atoms with E-state index in [0.29, 0.717) is 31.7 Å². The zero-order chi connectivity index (χ0) is 20.7. The Kier molecular flexibility index (Phi) is 7.52. The molecule has 0 radical (unpaired) electrons. The summed E-state index contributed by atoms with van der Waals surface area (Å²) in [6.45, 7) is 10.8. The molecule has 1 amide bonds. The number of aromatic nitrogens is 2.